The first-order valence-corrected chi connectivity index (χ1v) is 9.04. The lowest BCUT2D eigenvalue weighted by atomic mass is 10.2. The standard InChI is InChI=1S/C20H24N4O4/c1-27-18-6-5-16(19(25)28-2)12-17(18)22-20(26)24-10-8-23(9-11-24)14-15-4-3-7-21-13-15/h3-7,12-13H,8-11,14H2,1-2H3,(H,22,26). The average Bonchev–Trinajstić information content (AvgIpc) is 2.74. The minimum absolute atomic E-state index is 0.221. The molecule has 1 saturated heterocycles. The summed E-state index contributed by atoms with van der Waals surface area (Å²) in [6.07, 6.45) is 3.62. The molecule has 0 spiro atoms. The van der Waals surface area contributed by atoms with Gasteiger partial charge < -0.3 is 19.7 Å². The van der Waals surface area contributed by atoms with E-state index < -0.39 is 5.97 Å². The van der Waals surface area contributed by atoms with Crippen LogP contribution in [0.1, 0.15) is 15.9 Å². The topological polar surface area (TPSA) is 84.0 Å². The maximum atomic E-state index is 12.7. The van der Waals surface area contributed by atoms with Gasteiger partial charge in [-0.2, -0.15) is 0 Å². The minimum Gasteiger partial charge on any atom is -0.495 e. The predicted octanol–water partition coefficient (Wildman–Crippen LogP) is 2.23. The molecule has 0 saturated carbocycles. The lowest BCUT2D eigenvalue weighted by Gasteiger charge is -2.34. The van der Waals surface area contributed by atoms with Gasteiger partial charge in [0, 0.05) is 45.1 Å². The number of urea groups is 1. The molecule has 8 nitrogen and oxygen atoms in total. The fourth-order valence-corrected chi connectivity index (χ4v) is 3.10. The highest BCUT2D eigenvalue weighted by molar-refractivity contribution is 5.95. The number of nitrogens with one attached hydrogen (secondary N) is 1. The molecule has 148 valence electrons. The first-order chi connectivity index (χ1) is 13.6. The van der Waals surface area contributed by atoms with Gasteiger partial charge in [0.15, 0.2) is 0 Å². The van der Waals surface area contributed by atoms with Gasteiger partial charge >= 0.3 is 12.0 Å². The Bertz CT molecular complexity index is 820. The Morgan fingerprint density at radius 3 is 2.57 bits per heavy atom. The molecule has 1 N–H and O–H groups in total. The lowest BCUT2D eigenvalue weighted by Crippen LogP contribution is -2.49. The molecule has 2 amide bonds. The Labute approximate surface area is 164 Å². The summed E-state index contributed by atoms with van der Waals surface area (Å²) in [5, 5.41) is 2.84. The highest BCUT2D eigenvalue weighted by Gasteiger charge is 2.22. The van der Waals surface area contributed by atoms with Crippen molar-refractivity contribution in [2.75, 3.05) is 45.7 Å². The SMILES string of the molecule is COC(=O)c1ccc(OC)c(NC(=O)N2CCN(Cc3cccnc3)CC2)c1. The summed E-state index contributed by atoms with van der Waals surface area (Å²) in [6.45, 7) is 3.61. The highest BCUT2D eigenvalue weighted by atomic mass is 16.5. The second kappa shape index (κ2) is 9.18. The van der Waals surface area contributed by atoms with Crippen LogP contribution < -0.4 is 10.1 Å². The van der Waals surface area contributed by atoms with Gasteiger partial charge in [-0.25, -0.2) is 9.59 Å². The molecule has 1 aliphatic rings. The summed E-state index contributed by atoms with van der Waals surface area (Å²) in [4.78, 5) is 32.6. The third kappa shape index (κ3) is 4.77. The van der Waals surface area contributed by atoms with Gasteiger partial charge in [-0.15, -0.1) is 0 Å². The van der Waals surface area contributed by atoms with E-state index in [0.717, 1.165) is 25.2 Å². The third-order valence-electron chi connectivity index (χ3n) is 4.65. The van der Waals surface area contributed by atoms with Crippen LogP contribution in [0.15, 0.2) is 42.7 Å². The monoisotopic (exact) mass is 384 g/mol. The van der Waals surface area contributed by atoms with Crippen LogP contribution in [-0.4, -0.2) is 67.2 Å². The summed E-state index contributed by atoms with van der Waals surface area (Å²) in [5.41, 5.74) is 1.94. The van der Waals surface area contributed by atoms with Crippen LogP contribution in [0.3, 0.4) is 0 Å². The summed E-state index contributed by atoms with van der Waals surface area (Å²) >= 11 is 0. The van der Waals surface area contributed by atoms with Crippen LogP contribution in [0.4, 0.5) is 10.5 Å². The van der Waals surface area contributed by atoms with Gasteiger partial charge in [-0.1, -0.05) is 6.07 Å². The summed E-state index contributed by atoms with van der Waals surface area (Å²) in [5.74, 6) is 0.0124. The van der Waals surface area contributed by atoms with Crippen molar-refractivity contribution in [2.24, 2.45) is 0 Å². The zero-order chi connectivity index (χ0) is 19.9. The molecule has 0 atom stereocenters. The number of piperazine rings is 1. The molecule has 28 heavy (non-hydrogen) atoms. The van der Waals surface area contributed by atoms with Crippen LogP contribution in [-0.2, 0) is 11.3 Å². The number of esters is 1. The number of anilines is 1. The van der Waals surface area contributed by atoms with Gasteiger partial charge in [-0.3, -0.25) is 9.88 Å². The summed E-state index contributed by atoms with van der Waals surface area (Å²) < 4.78 is 10.0. The first-order valence-electron chi connectivity index (χ1n) is 9.04. The summed E-state index contributed by atoms with van der Waals surface area (Å²) in [6, 6.07) is 8.54. The van der Waals surface area contributed by atoms with Gasteiger partial charge in [0.1, 0.15) is 5.75 Å². The number of carbonyl (C=O) groups excluding carboxylic acids is 2. The average molecular weight is 384 g/mol. The van der Waals surface area contributed by atoms with E-state index in [1.807, 2.05) is 18.3 Å². The van der Waals surface area contributed by atoms with Crippen molar-refractivity contribution in [2.45, 2.75) is 6.54 Å². The number of methoxy groups -OCH3 is 2. The van der Waals surface area contributed by atoms with E-state index in [-0.39, 0.29) is 6.03 Å². The van der Waals surface area contributed by atoms with Gasteiger partial charge in [0.25, 0.3) is 0 Å². The Kier molecular flexibility index (Phi) is 6.44. The quantitative estimate of drug-likeness (QED) is 0.796. The number of benzene rings is 1. The molecule has 1 aromatic carbocycles. The van der Waals surface area contributed by atoms with Crippen molar-refractivity contribution in [3.63, 3.8) is 0 Å². The normalized spacial score (nSPS) is 14.4. The number of ether oxygens (including phenoxy) is 2. The number of hydrogen-bond acceptors (Lipinski definition) is 6. The fraction of sp³-hybridized carbons (Fsp3) is 0.350. The van der Waals surface area contributed by atoms with Crippen LogP contribution in [0, 0.1) is 0 Å². The van der Waals surface area contributed by atoms with Crippen LogP contribution in [0.2, 0.25) is 0 Å². The zero-order valence-corrected chi connectivity index (χ0v) is 16.1. The molecule has 1 fully saturated rings. The molecular formula is C20H24N4O4. The molecule has 0 radical (unpaired) electrons. The molecule has 0 bridgehead atoms. The van der Waals surface area contributed by atoms with Crippen molar-refractivity contribution in [3.8, 4) is 5.75 Å². The molecule has 8 heteroatoms. The Morgan fingerprint density at radius 2 is 1.93 bits per heavy atom. The number of nitrogens with zero attached hydrogens (tertiary/aromatic N) is 3. The largest absolute Gasteiger partial charge is 0.495 e. The maximum Gasteiger partial charge on any atom is 0.337 e. The second-order valence-electron chi connectivity index (χ2n) is 6.46. The second-order valence-corrected chi connectivity index (χ2v) is 6.46. The van der Waals surface area contributed by atoms with Gasteiger partial charge in [-0.05, 0) is 29.8 Å². The fourth-order valence-electron chi connectivity index (χ4n) is 3.10. The number of rotatable bonds is 5. The van der Waals surface area contributed by atoms with Crippen molar-refractivity contribution in [1.82, 2.24) is 14.8 Å². The smallest absolute Gasteiger partial charge is 0.337 e. The lowest BCUT2D eigenvalue weighted by molar-refractivity contribution is 0.0600. The van der Waals surface area contributed by atoms with Crippen LogP contribution >= 0.6 is 0 Å². The molecule has 2 aromatic rings. The van der Waals surface area contributed by atoms with E-state index in [4.69, 9.17) is 9.47 Å². The van der Waals surface area contributed by atoms with Crippen LogP contribution in [0.25, 0.3) is 0 Å². The Morgan fingerprint density at radius 1 is 1.14 bits per heavy atom. The van der Waals surface area contributed by atoms with E-state index in [1.54, 1.807) is 29.3 Å². The Balaban J connectivity index is 1.59. The van der Waals surface area contributed by atoms with Crippen molar-refractivity contribution in [3.05, 3.63) is 53.9 Å². The zero-order valence-electron chi connectivity index (χ0n) is 16.1. The third-order valence-corrected chi connectivity index (χ3v) is 4.65. The van der Waals surface area contributed by atoms with Crippen molar-refractivity contribution >= 4 is 17.7 Å². The van der Waals surface area contributed by atoms with Crippen molar-refractivity contribution < 1.29 is 19.1 Å². The van der Waals surface area contributed by atoms with Gasteiger partial charge in [0.2, 0.25) is 0 Å². The number of amides is 2. The highest BCUT2D eigenvalue weighted by Crippen LogP contribution is 2.26. The number of carbonyl (C=O) groups is 2. The molecule has 3 rings (SSSR count). The molecule has 0 unspecified atom stereocenters. The van der Waals surface area contributed by atoms with Crippen molar-refractivity contribution in [1.29, 1.82) is 0 Å². The minimum atomic E-state index is -0.470. The van der Waals surface area contributed by atoms with E-state index in [0.29, 0.717) is 30.1 Å². The van der Waals surface area contributed by atoms with E-state index in [9.17, 15) is 9.59 Å². The van der Waals surface area contributed by atoms with Crippen LogP contribution in [0.5, 0.6) is 5.75 Å². The first kappa shape index (κ1) is 19.6. The van der Waals surface area contributed by atoms with E-state index >= 15 is 0 Å². The molecular weight excluding hydrogens is 360 g/mol. The maximum absolute atomic E-state index is 12.7. The molecule has 1 aromatic heterocycles. The number of pyridine rings is 1. The Hall–Kier alpha value is -3.13. The molecule has 0 aliphatic carbocycles. The van der Waals surface area contributed by atoms with E-state index in [1.165, 1.54) is 14.2 Å². The summed E-state index contributed by atoms with van der Waals surface area (Å²) in [7, 11) is 2.83. The number of aromatic nitrogens is 1. The van der Waals surface area contributed by atoms with E-state index in [2.05, 4.69) is 15.2 Å². The molecule has 1 aliphatic heterocycles. The predicted molar refractivity (Wildman–Crippen MR) is 104 cm³/mol. The number of hydrogen-bond donors (Lipinski definition) is 1. The molecule has 2 heterocycles. The van der Waals surface area contributed by atoms with Gasteiger partial charge in [0.05, 0.1) is 25.5 Å².